The molecule has 1 heterocycles. The molecule has 218 valence electrons. The van der Waals surface area contributed by atoms with Crippen molar-refractivity contribution in [2.45, 2.75) is 38.6 Å². The normalized spacial score (nSPS) is 13.4. The second-order valence-corrected chi connectivity index (χ2v) is 9.84. The van der Waals surface area contributed by atoms with Crippen molar-refractivity contribution in [1.82, 2.24) is 0 Å². The van der Waals surface area contributed by atoms with Gasteiger partial charge in [-0.15, -0.1) is 13.2 Å². The first-order chi connectivity index (χ1) is 19.4. The number of alkyl halides is 3. The standard InChI is InChI=1S/C29H28ClF3N2O6/c1-17-12-19(30)6-8-24(17)27(34-20-13-22(39-2)15-23(14-20)40-11-3-4-26(36)37)28(38)35-10-9-18-5-7-21(16-25(18)35)41-29(31,32)33/h5-8,12-16,27,34H,3-4,9-11H2,1-2H3,(H,36,37). The molecule has 0 spiro atoms. The number of aliphatic carboxylic acids is 1. The van der Waals surface area contributed by atoms with E-state index in [1.165, 1.54) is 30.2 Å². The molecule has 12 heteroatoms. The number of carboxylic acid groups (broad SMARTS) is 1. The van der Waals surface area contributed by atoms with Crippen LogP contribution in [0.5, 0.6) is 17.2 Å². The van der Waals surface area contributed by atoms with Crippen LogP contribution in [0.3, 0.4) is 0 Å². The Labute approximate surface area is 239 Å². The SMILES string of the molecule is COc1cc(NC(C(=O)N2CCc3ccc(OC(F)(F)F)cc32)c2ccc(Cl)cc2C)cc(OCCCC(=O)O)c1. The molecule has 0 aliphatic carbocycles. The summed E-state index contributed by atoms with van der Waals surface area (Å²) in [6, 6.07) is 13.1. The number of benzene rings is 3. The lowest BCUT2D eigenvalue weighted by Gasteiger charge is -2.27. The van der Waals surface area contributed by atoms with Crippen LogP contribution < -0.4 is 24.4 Å². The quantitative estimate of drug-likeness (QED) is 0.244. The number of ether oxygens (including phenoxy) is 3. The zero-order valence-electron chi connectivity index (χ0n) is 22.3. The van der Waals surface area contributed by atoms with Gasteiger partial charge in [0, 0.05) is 47.9 Å². The Morgan fingerprint density at radius 3 is 2.51 bits per heavy atom. The van der Waals surface area contributed by atoms with E-state index in [2.05, 4.69) is 10.1 Å². The summed E-state index contributed by atoms with van der Waals surface area (Å²) in [5.74, 6) is -0.910. The van der Waals surface area contributed by atoms with Crippen molar-refractivity contribution in [3.05, 3.63) is 76.3 Å². The minimum atomic E-state index is -4.87. The molecule has 3 aromatic rings. The summed E-state index contributed by atoms with van der Waals surface area (Å²) >= 11 is 6.17. The summed E-state index contributed by atoms with van der Waals surface area (Å²) < 4.78 is 53.8. The molecule has 0 fully saturated rings. The number of anilines is 2. The minimum absolute atomic E-state index is 0.0471. The molecule has 4 rings (SSSR count). The van der Waals surface area contributed by atoms with E-state index >= 15 is 0 Å². The van der Waals surface area contributed by atoms with Gasteiger partial charge < -0.3 is 29.5 Å². The van der Waals surface area contributed by atoms with Crippen LogP contribution in [0.4, 0.5) is 24.5 Å². The number of amides is 1. The number of aryl methyl sites for hydroxylation is 1. The second-order valence-electron chi connectivity index (χ2n) is 9.40. The second kappa shape index (κ2) is 12.6. The van der Waals surface area contributed by atoms with Crippen molar-refractivity contribution < 1.29 is 42.1 Å². The number of nitrogens with zero attached hydrogens (tertiary/aromatic N) is 1. The van der Waals surface area contributed by atoms with E-state index < -0.39 is 30.0 Å². The molecule has 0 bridgehead atoms. The third-order valence-electron chi connectivity index (χ3n) is 6.47. The fourth-order valence-corrected chi connectivity index (χ4v) is 4.84. The Balaban J connectivity index is 1.67. The number of nitrogens with one attached hydrogen (secondary N) is 1. The number of carbonyl (C=O) groups excluding carboxylic acids is 1. The third kappa shape index (κ3) is 7.75. The number of rotatable bonds is 11. The van der Waals surface area contributed by atoms with E-state index in [-0.39, 0.29) is 19.6 Å². The van der Waals surface area contributed by atoms with Gasteiger partial charge in [-0.2, -0.15) is 0 Å². The summed E-state index contributed by atoms with van der Waals surface area (Å²) in [4.78, 5) is 26.4. The number of halogens is 4. The fraction of sp³-hybridized carbons (Fsp3) is 0.310. The topological polar surface area (TPSA) is 97.3 Å². The number of carboxylic acids is 1. The largest absolute Gasteiger partial charge is 0.573 e. The van der Waals surface area contributed by atoms with Crippen LogP contribution in [-0.2, 0) is 16.0 Å². The summed E-state index contributed by atoms with van der Waals surface area (Å²) in [6.07, 6.45) is -4.15. The van der Waals surface area contributed by atoms with Gasteiger partial charge >= 0.3 is 12.3 Å². The van der Waals surface area contributed by atoms with Gasteiger partial charge in [-0.3, -0.25) is 9.59 Å². The lowest BCUT2D eigenvalue weighted by molar-refractivity contribution is -0.274. The zero-order valence-corrected chi connectivity index (χ0v) is 23.0. The first kappa shape index (κ1) is 29.9. The predicted molar refractivity (Wildman–Crippen MR) is 147 cm³/mol. The molecule has 1 aliphatic rings. The number of methoxy groups -OCH3 is 1. The first-order valence-electron chi connectivity index (χ1n) is 12.7. The monoisotopic (exact) mass is 592 g/mol. The lowest BCUT2D eigenvalue weighted by Crippen LogP contribution is -2.37. The highest BCUT2D eigenvalue weighted by atomic mass is 35.5. The summed E-state index contributed by atoms with van der Waals surface area (Å²) in [5.41, 5.74) is 2.87. The van der Waals surface area contributed by atoms with Gasteiger partial charge in [0.05, 0.1) is 19.4 Å². The molecule has 0 radical (unpaired) electrons. The van der Waals surface area contributed by atoms with Gasteiger partial charge in [0.1, 0.15) is 23.3 Å². The Morgan fingerprint density at radius 1 is 1.07 bits per heavy atom. The molecule has 1 aliphatic heterocycles. The molecule has 1 atom stereocenters. The summed E-state index contributed by atoms with van der Waals surface area (Å²) in [5, 5.41) is 12.6. The maximum absolute atomic E-state index is 14.1. The van der Waals surface area contributed by atoms with Crippen molar-refractivity contribution in [3.8, 4) is 17.2 Å². The molecule has 1 amide bonds. The van der Waals surface area contributed by atoms with Gasteiger partial charge in [0.25, 0.3) is 5.91 Å². The molecule has 3 aromatic carbocycles. The molecule has 1 unspecified atom stereocenters. The Hall–Kier alpha value is -4.12. The molecule has 8 nitrogen and oxygen atoms in total. The zero-order chi connectivity index (χ0) is 29.7. The fourth-order valence-electron chi connectivity index (χ4n) is 4.61. The van der Waals surface area contributed by atoms with Gasteiger partial charge in [-0.1, -0.05) is 23.7 Å². The molecular formula is C29H28ClF3N2O6. The van der Waals surface area contributed by atoms with Crippen LogP contribution >= 0.6 is 11.6 Å². The Kier molecular flexibility index (Phi) is 9.17. The highest BCUT2D eigenvalue weighted by Crippen LogP contribution is 2.37. The van der Waals surface area contributed by atoms with Crippen LogP contribution in [0.15, 0.2) is 54.6 Å². The molecule has 0 saturated heterocycles. The van der Waals surface area contributed by atoms with Crippen LogP contribution in [0.2, 0.25) is 5.02 Å². The summed E-state index contributed by atoms with van der Waals surface area (Å²) in [7, 11) is 1.47. The highest BCUT2D eigenvalue weighted by Gasteiger charge is 2.35. The van der Waals surface area contributed by atoms with E-state index in [0.29, 0.717) is 46.3 Å². The van der Waals surface area contributed by atoms with Gasteiger partial charge in [-0.05, 0) is 54.7 Å². The van der Waals surface area contributed by atoms with Crippen molar-refractivity contribution in [2.24, 2.45) is 0 Å². The van der Waals surface area contributed by atoms with Crippen LogP contribution in [-0.4, -0.2) is 43.6 Å². The van der Waals surface area contributed by atoms with E-state index in [4.69, 9.17) is 26.2 Å². The Morgan fingerprint density at radius 2 is 1.83 bits per heavy atom. The lowest BCUT2D eigenvalue weighted by atomic mass is 9.99. The van der Waals surface area contributed by atoms with Gasteiger partial charge in [0.15, 0.2) is 0 Å². The van der Waals surface area contributed by atoms with Crippen LogP contribution in [0.25, 0.3) is 0 Å². The maximum atomic E-state index is 14.1. The van der Waals surface area contributed by atoms with Crippen molar-refractivity contribution in [1.29, 1.82) is 0 Å². The molecule has 0 saturated carbocycles. The maximum Gasteiger partial charge on any atom is 0.573 e. The molecule has 41 heavy (non-hydrogen) atoms. The number of hydrogen-bond acceptors (Lipinski definition) is 6. The van der Waals surface area contributed by atoms with Gasteiger partial charge in [0.2, 0.25) is 0 Å². The molecule has 0 aromatic heterocycles. The number of fused-ring (bicyclic) bond motifs is 1. The van der Waals surface area contributed by atoms with E-state index in [1.807, 2.05) is 0 Å². The average molecular weight is 593 g/mol. The van der Waals surface area contributed by atoms with Crippen LogP contribution in [0, 0.1) is 6.92 Å². The summed E-state index contributed by atoms with van der Waals surface area (Å²) in [6.45, 7) is 2.23. The molecular weight excluding hydrogens is 565 g/mol. The third-order valence-corrected chi connectivity index (χ3v) is 6.71. The predicted octanol–water partition coefficient (Wildman–Crippen LogP) is 6.54. The van der Waals surface area contributed by atoms with Gasteiger partial charge in [-0.25, -0.2) is 0 Å². The molecule has 2 N–H and O–H groups in total. The van der Waals surface area contributed by atoms with Crippen molar-refractivity contribution in [2.75, 3.05) is 30.5 Å². The van der Waals surface area contributed by atoms with E-state index in [9.17, 15) is 22.8 Å². The minimum Gasteiger partial charge on any atom is -0.497 e. The first-order valence-corrected chi connectivity index (χ1v) is 13.1. The highest BCUT2D eigenvalue weighted by molar-refractivity contribution is 6.30. The van der Waals surface area contributed by atoms with Crippen molar-refractivity contribution in [3.63, 3.8) is 0 Å². The number of carbonyl (C=O) groups is 2. The van der Waals surface area contributed by atoms with Crippen LogP contribution in [0.1, 0.15) is 35.6 Å². The average Bonchev–Trinajstić information content (AvgIpc) is 3.32. The number of hydrogen-bond donors (Lipinski definition) is 2. The van der Waals surface area contributed by atoms with Crippen molar-refractivity contribution >= 4 is 34.9 Å². The van der Waals surface area contributed by atoms with E-state index in [0.717, 1.165) is 11.1 Å². The smallest absolute Gasteiger partial charge is 0.497 e. The van der Waals surface area contributed by atoms with E-state index in [1.54, 1.807) is 43.3 Å². The Bertz CT molecular complexity index is 1430.